The Morgan fingerprint density at radius 3 is 2.42 bits per heavy atom. The van der Waals surface area contributed by atoms with Gasteiger partial charge in [-0.3, -0.25) is 0 Å². The number of rotatable bonds is 3. The van der Waals surface area contributed by atoms with E-state index in [1.165, 1.54) is 27.4 Å². The zero-order chi connectivity index (χ0) is 14.0. The van der Waals surface area contributed by atoms with E-state index < -0.39 is 5.97 Å². The molecule has 0 saturated heterocycles. The standard InChI is InChI=1S/C14H14O5/c1-17-11-7-9(14(16)19-3)6-8-4-5-10(15)13(18-2)12(8)11/h4-7,15H,1-3H3. The van der Waals surface area contributed by atoms with E-state index in [1.807, 2.05) is 0 Å². The van der Waals surface area contributed by atoms with Crippen LogP contribution in [0.15, 0.2) is 24.3 Å². The van der Waals surface area contributed by atoms with Gasteiger partial charge in [-0.15, -0.1) is 0 Å². The van der Waals surface area contributed by atoms with E-state index in [9.17, 15) is 9.90 Å². The Morgan fingerprint density at radius 1 is 1.11 bits per heavy atom. The molecule has 2 rings (SSSR count). The van der Waals surface area contributed by atoms with Crippen molar-refractivity contribution in [3.8, 4) is 17.2 Å². The maximum atomic E-state index is 11.6. The number of phenolic OH excluding ortho intramolecular Hbond substituents is 1. The summed E-state index contributed by atoms with van der Waals surface area (Å²) in [5.74, 6) is 0.308. The Kier molecular flexibility index (Phi) is 3.46. The molecule has 0 spiro atoms. The Labute approximate surface area is 110 Å². The first-order chi connectivity index (χ1) is 9.12. The highest BCUT2D eigenvalue weighted by molar-refractivity contribution is 6.01. The van der Waals surface area contributed by atoms with Crippen LogP contribution in [0.5, 0.6) is 17.2 Å². The topological polar surface area (TPSA) is 65.0 Å². The third-order valence-corrected chi connectivity index (χ3v) is 2.86. The number of carbonyl (C=O) groups excluding carboxylic acids is 1. The van der Waals surface area contributed by atoms with Gasteiger partial charge in [-0.25, -0.2) is 4.79 Å². The van der Waals surface area contributed by atoms with Gasteiger partial charge in [0, 0.05) is 0 Å². The molecule has 0 amide bonds. The summed E-state index contributed by atoms with van der Waals surface area (Å²) >= 11 is 0. The molecule has 19 heavy (non-hydrogen) atoms. The molecule has 0 aliphatic rings. The summed E-state index contributed by atoms with van der Waals surface area (Å²) < 4.78 is 15.1. The molecule has 1 N–H and O–H groups in total. The highest BCUT2D eigenvalue weighted by atomic mass is 16.5. The lowest BCUT2D eigenvalue weighted by molar-refractivity contribution is 0.0600. The largest absolute Gasteiger partial charge is 0.504 e. The van der Waals surface area contributed by atoms with E-state index in [0.717, 1.165) is 5.39 Å². The Morgan fingerprint density at radius 2 is 1.84 bits per heavy atom. The predicted octanol–water partition coefficient (Wildman–Crippen LogP) is 2.35. The summed E-state index contributed by atoms with van der Waals surface area (Å²) in [6, 6.07) is 6.39. The molecule has 0 fully saturated rings. The van der Waals surface area contributed by atoms with Crippen molar-refractivity contribution < 1.29 is 24.1 Å². The van der Waals surface area contributed by atoms with Gasteiger partial charge in [-0.05, 0) is 23.6 Å². The van der Waals surface area contributed by atoms with E-state index in [2.05, 4.69) is 4.74 Å². The number of aromatic hydroxyl groups is 1. The van der Waals surface area contributed by atoms with Gasteiger partial charge in [0.15, 0.2) is 11.5 Å². The van der Waals surface area contributed by atoms with Crippen LogP contribution in [0.3, 0.4) is 0 Å². The van der Waals surface area contributed by atoms with Crippen molar-refractivity contribution in [3.63, 3.8) is 0 Å². The molecule has 5 nitrogen and oxygen atoms in total. The fourth-order valence-electron chi connectivity index (χ4n) is 1.99. The molecule has 0 aliphatic carbocycles. The SMILES string of the molecule is COC(=O)c1cc(OC)c2c(OC)c(O)ccc2c1. The molecule has 2 aromatic carbocycles. The molecule has 0 aliphatic heterocycles. The summed E-state index contributed by atoms with van der Waals surface area (Å²) in [6.07, 6.45) is 0. The van der Waals surface area contributed by atoms with Crippen molar-refractivity contribution >= 4 is 16.7 Å². The smallest absolute Gasteiger partial charge is 0.338 e. The zero-order valence-electron chi connectivity index (χ0n) is 10.9. The second-order valence-electron chi connectivity index (χ2n) is 3.89. The first-order valence-electron chi connectivity index (χ1n) is 5.58. The molecule has 100 valence electrons. The van der Waals surface area contributed by atoms with Gasteiger partial charge in [0.1, 0.15) is 5.75 Å². The molecule has 0 atom stereocenters. The lowest BCUT2D eigenvalue weighted by Crippen LogP contribution is -2.02. The van der Waals surface area contributed by atoms with Gasteiger partial charge in [0.2, 0.25) is 0 Å². The minimum atomic E-state index is -0.452. The van der Waals surface area contributed by atoms with Crippen molar-refractivity contribution in [2.24, 2.45) is 0 Å². The molecular weight excluding hydrogens is 248 g/mol. The quantitative estimate of drug-likeness (QED) is 0.860. The van der Waals surface area contributed by atoms with Crippen molar-refractivity contribution in [2.45, 2.75) is 0 Å². The zero-order valence-corrected chi connectivity index (χ0v) is 10.9. The van der Waals surface area contributed by atoms with Crippen LogP contribution in [0.1, 0.15) is 10.4 Å². The van der Waals surface area contributed by atoms with Crippen LogP contribution in [-0.2, 0) is 4.74 Å². The van der Waals surface area contributed by atoms with Gasteiger partial charge in [0.25, 0.3) is 0 Å². The molecule has 2 aromatic rings. The van der Waals surface area contributed by atoms with Crippen molar-refractivity contribution in [1.82, 2.24) is 0 Å². The second kappa shape index (κ2) is 5.06. The van der Waals surface area contributed by atoms with Crippen LogP contribution in [0, 0.1) is 0 Å². The summed E-state index contributed by atoms with van der Waals surface area (Å²) in [5.41, 5.74) is 0.375. The first kappa shape index (κ1) is 13.0. The average molecular weight is 262 g/mol. The van der Waals surface area contributed by atoms with Crippen molar-refractivity contribution in [3.05, 3.63) is 29.8 Å². The second-order valence-corrected chi connectivity index (χ2v) is 3.89. The third kappa shape index (κ3) is 2.14. The average Bonchev–Trinajstić information content (AvgIpc) is 2.45. The summed E-state index contributed by atoms with van der Waals surface area (Å²) in [5, 5.41) is 11.1. The fourth-order valence-corrected chi connectivity index (χ4v) is 1.99. The van der Waals surface area contributed by atoms with Gasteiger partial charge in [0.05, 0.1) is 32.3 Å². The van der Waals surface area contributed by atoms with Crippen LogP contribution in [0.4, 0.5) is 0 Å². The van der Waals surface area contributed by atoms with Crippen LogP contribution in [-0.4, -0.2) is 32.4 Å². The molecule has 0 saturated carbocycles. The maximum Gasteiger partial charge on any atom is 0.338 e. The molecule has 5 heteroatoms. The van der Waals surface area contributed by atoms with E-state index in [1.54, 1.807) is 18.2 Å². The van der Waals surface area contributed by atoms with E-state index in [4.69, 9.17) is 9.47 Å². The Bertz CT molecular complexity index is 633. The Hall–Kier alpha value is -2.43. The van der Waals surface area contributed by atoms with E-state index in [0.29, 0.717) is 22.4 Å². The number of carbonyl (C=O) groups is 1. The van der Waals surface area contributed by atoms with Crippen LogP contribution in [0.2, 0.25) is 0 Å². The van der Waals surface area contributed by atoms with Crippen LogP contribution < -0.4 is 9.47 Å². The number of hydrogen-bond donors (Lipinski definition) is 1. The minimum Gasteiger partial charge on any atom is -0.504 e. The molecule has 0 heterocycles. The van der Waals surface area contributed by atoms with Crippen molar-refractivity contribution in [2.75, 3.05) is 21.3 Å². The van der Waals surface area contributed by atoms with Gasteiger partial charge in [-0.1, -0.05) is 6.07 Å². The number of hydrogen-bond acceptors (Lipinski definition) is 5. The number of fused-ring (bicyclic) bond motifs is 1. The summed E-state index contributed by atoms with van der Waals surface area (Å²) in [6.45, 7) is 0. The highest BCUT2D eigenvalue weighted by Crippen LogP contribution is 2.40. The van der Waals surface area contributed by atoms with Gasteiger partial charge < -0.3 is 19.3 Å². The van der Waals surface area contributed by atoms with Gasteiger partial charge >= 0.3 is 5.97 Å². The minimum absolute atomic E-state index is 0.0131. The Balaban J connectivity index is 2.80. The van der Waals surface area contributed by atoms with E-state index in [-0.39, 0.29) is 5.75 Å². The third-order valence-electron chi connectivity index (χ3n) is 2.86. The lowest BCUT2D eigenvalue weighted by Gasteiger charge is -2.12. The van der Waals surface area contributed by atoms with Crippen LogP contribution in [0.25, 0.3) is 10.8 Å². The highest BCUT2D eigenvalue weighted by Gasteiger charge is 2.16. The lowest BCUT2D eigenvalue weighted by atomic mass is 10.0. The number of benzene rings is 2. The first-order valence-corrected chi connectivity index (χ1v) is 5.58. The molecule has 0 bridgehead atoms. The molecule has 0 radical (unpaired) electrons. The number of esters is 1. The van der Waals surface area contributed by atoms with Gasteiger partial charge in [-0.2, -0.15) is 0 Å². The molecule has 0 aromatic heterocycles. The summed E-state index contributed by atoms with van der Waals surface area (Å²) in [4.78, 5) is 11.6. The molecular formula is C14H14O5. The normalized spacial score (nSPS) is 10.3. The number of ether oxygens (including phenoxy) is 3. The number of methoxy groups -OCH3 is 3. The number of phenols is 1. The summed E-state index contributed by atoms with van der Waals surface area (Å²) in [7, 11) is 4.26. The predicted molar refractivity (Wildman–Crippen MR) is 70.1 cm³/mol. The van der Waals surface area contributed by atoms with Crippen molar-refractivity contribution in [1.29, 1.82) is 0 Å². The molecule has 0 unspecified atom stereocenters. The van der Waals surface area contributed by atoms with Crippen LogP contribution >= 0.6 is 0 Å². The van der Waals surface area contributed by atoms with E-state index >= 15 is 0 Å². The monoisotopic (exact) mass is 262 g/mol. The fraction of sp³-hybridized carbons (Fsp3) is 0.214. The maximum absolute atomic E-state index is 11.6.